The number of likely N-dealkylation sites (tertiary alicyclic amines) is 1. The van der Waals surface area contributed by atoms with Gasteiger partial charge in [-0.15, -0.1) is 11.3 Å². The monoisotopic (exact) mass is 483 g/mol. The van der Waals surface area contributed by atoms with Gasteiger partial charge in [0.2, 0.25) is 5.91 Å². The summed E-state index contributed by atoms with van der Waals surface area (Å²) in [4.78, 5) is 14.2. The Bertz CT molecular complexity index is 1020. The van der Waals surface area contributed by atoms with Gasteiger partial charge >= 0.3 is 0 Å². The summed E-state index contributed by atoms with van der Waals surface area (Å²) in [5.74, 6) is -1.01. The van der Waals surface area contributed by atoms with Crippen LogP contribution in [0.15, 0.2) is 62.2 Å². The molecule has 0 aliphatic carbocycles. The molecule has 3 N–H and O–H groups in total. The number of carbonyl (C=O) groups excluding carboxylic acids is 1. The average Bonchev–Trinajstić information content (AvgIpc) is 3.28. The van der Waals surface area contributed by atoms with Crippen LogP contribution >= 0.6 is 27.3 Å². The quantitative estimate of drug-likeness (QED) is 0.585. The summed E-state index contributed by atoms with van der Waals surface area (Å²) >= 11 is 4.31. The number of benzene rings is 1. The first-order valence-electron chi connectivity index (χ1n) is 8.31. The Labute approximate surface area is 175 Å². The zero-order valence-electron chi connectivity index (χ0n) is 14.6. The Kier molecular flexibility index (Phi) is 6.33. The molecule has 0 saturated carbocycles. The maximum atomic E-state index is 12.8. The van der Waals surface area contributed by atoms with Crippen LogP contribution in [0.2, 0.25) is 0 Å². The molecule has 0 bridgehead atoms. The van der Waals surface area contributed by atoms with Crippen molar-refractivity contribution in [1.82, 2.24) is 9.62 Å². The number of halogens is 1. The molecule has 148 valence electrons. The van der Waals surface area contributed by atoms with Crippen molar-refractivity contribution in [3.63, 3.8) is 0 Å². The number of rotatable bonds is 6. The number of hydrogen-bond acceptors (Lipinski definition) is 6. The molecule has 28 heavy (non-hydrogen) atoms. The number of aliphatic hydroxyl groups is 1. The molecule has 3 rings (SSSR count). The number of nitrogens with zero attached hydrogens (tertiary/aromatic N) is 1. The van der Waals surface area contributed by atoms with Crippen LogP contribution in [0.1, 0.15) is 11.5 Å². The normalized spacial score (nSPS) is 17.1. The molecular formula is C18H18BrN3O4S2. The second-order valence-corrected chi connectivity index (χ2v) is 10.6. The summed E-state index contributed by atoms with van der Waals surface area (Å²) in [7, 11) is -3.73. The van der Waals surface area contributed by atoms with Gasteiger partial charge in [-0.2, -0.15) is 0 Å². The van der Waals surface area contributed by atoms with Crippen molar-refractivity contribution in [2.24, 2.45) is 0 Å². The van der Waals surface area contributed by atoms with Crippen molar-refractivity contribution < 1.29 is 18.3 Å². The van der Waals surface area contributed by atoms with Crippen LogP contribution in [0, 0.1) is 5.41 Å². The van der Waals surface area contributed by atoms with E-state index in [2.05, 4.69) is 20.7 Å². The van der Waals surface area contributed by atoms with E-state index in [0.29, 0.717) is 14.9 Å². The van der Waals surface area contributed by atoms with E-state index < -0.39 is 15.9 Å². The van der Waals surface area contributed by atoms with Crippen molar-refractivity contribution in [1.29, 1.82) is 5.41 Å². The first-order valence-corrected chi connectivity index (χ1v) is 11.4. The molecule has 1 saturated heterocycles. The van der Waals surface area contributed by atoms with Gasteiger partial charge in [-0.25, -0.2) is 8.42 Å². The molecule has 0 unspecified atom stereocenters. The Morgan fingerprint density at radius 1 is 1.29 bits per heavy atom. The molecule has 1 aromatic carbocycles. The van der Waals surface area contributed by atoms with Gasteiger partial charge in [-0.05, 0) is 33.6 Å². The van der Waals surface area contributed by atoms with Crippen LogP contribution in [0.25, 0.3) is 0 Å². The van der Waals surface area contributed by atoms with Crippen LogP contribution in [0.4, 0.5) is 0 Å². The zero-order valence-corrected chi connectivity index (χ0v) is 17.9. The van der Waals surface area contributed by atoms with E-state index >= 15 is 0 Å². The average molecular weight is 484 g/mol. The van der Waals surface area contributed by atoms with Crippen LogP contribution in [0.3, 0.4) is 0 Å². The van der Waals surface area contributed by atoms with Crippen molar-refractivity contribution in [2.75, 3.05) is 19.7 Å². The van der Waals surface area contributed by atoms with E-state index in [1.165, 1.54) is 17.2 Å². The molecule has 10 heteroatoms. The maximum Gasteiger partial charge on any atom is 0.270 e. The molecular weight excluding hydrogens is 466 g/mol. The Morgan fingerprint density at radius 2 is 2.00 bits per heavy atom. The van der Waals surface area contributed by atoms with Gasteiger partial charge in [0.1, 0.15) is 4.21 Å². The molecule has 2 aromatic rings. The Hall–Kier alpha value is -2.01. The third kappa shape index (κ3) is 4.52. The van der Waals surface area contributed by atoms with Crippen molar-refractivity contribution >= 4 is 48.9 Å². The predicted molar refractivity (Wildman–Crippen MR) is 111 cm³/mol. The van der Waals surface area contributed by atoms with Gasteiger partial charge < -0.3 is 15.4 Å². The molecule has 1 aliphatic heterocycles. The molecule has 1 fully saturated rings. The highest BCUT2D eigenvalue weighted by Crippen LogP contribution is 2.26. The molecule has 0 radical (unpaired) electrons. The van der Waals surface area contributed by atoms with Gasteiger partial charge in [-0.3, -0.25) is 9.52 Å². The lowest BCUT2D eigenvalue weighted by Gasteiger charge is -2.21. The molecule has 7 nitrogen and oxygen atoms in total. The molecule has 1 aliphatic rings. The number of nitrogens with one attached hydrogen (secondary N) is 2. The summed E-state index contributed by atoms with van der Waals surface area (Å²) in [6.07, 6.45) is 1.26. The Morgan fingerprint density at radius 3 is 2.61 bits per heavy atom. The highest BCUT2D eigenvalue weighted by atomic mass is 79.9. The molecule has 0 spiro atoms. The predicted octanol–water partition coefficient (Wildman–Crippen LogP) is 2.31. The Balaban J connectivity index is 1.72. The summed E-state index contributed by atoms with van der Waals surface area (Å²) in [5, 5.41) is 17.8. The van der Waals surface area contributed by atoms with Crippen LogP contribution < -0.4 is 4.72 Å². The number of hydrogen-bond donors (Lipinski definition) is 3. The van der Waals surface area contributed by atoms with E-state index in [-0.39, 0.29) is 35.5 Å². The van der Waals surface area contributed by atoms with Crippen LogP contribution in [-0.4, -0.2) is 49.7 Å². The lowest BCUT2D eigenvalue weighted by atomic mass is 9.99. The summed E-state index contributed by atoms with van der Waals surface area (Å²) in [6.45, 7) is -0.163. The molecule has 1 amide bonds. The first kappa shape index (κ1) is 20.7. The van der Waals surface area contributed by atoms with Gasteiger partial charge in [0.25, 0.3) is 10.0 Å². The topological polar surface area (TPSA) is 111 Å². The van der Waals surface area contributed by atoms with Gasteiger partial charge in [-0.1, -0.05) is 30.3 Å². The summed E-state index contributed by atoms with van der Waals surface area (Å²) in [5.41, 5.74) is 1.27. The maximum absolute atomic E-state index is 12.8. The van der Waals surface area contributed by atoms with E-state index in [4.69, 9.17) is 5.41 Å². The van der Waals surface area contributed by atoms with E-state index in [9.17, 15) is 18.3 Å². The van der Waals surface area contributed by atoms with E-state index in [1.807, 2.05) is 6.07 Å². The summed E-state index contributed by atoms with van der Waals surface area (Å²) < 4.78 is 27.8. The lowest BCUT2D eigenvalue weighted by molar-refractivity contribution is -0.132. The second-order valence-electron chi connectivity index (χ2n) is 6.17. The minimum Gasteiger partial charge on any atom is -0.395 e. The smallest absolute Gasteiger partial charge is 0.270 e. The fourth-order valence-corrected chi connectivity index (χ4v) is 5.77. The lowest BCUT2D eigenvalue weighted by Crippen LogP contribution is -2.35. The zero-order chi connectivity index (χ0) is 20.3. The number of aliphatic hydroxyl groups excluding tert-OH is 1. The van der Waals surface area contributed by atoms with Crippen molar-refractivity contribution in [3.05, 3.63) is 63.6 Å². The van der Waals surface area contributed by atoms with Crippen molar-refractivity contribution in [2.45, 2.75) is 10.1 Å². The summed E-state index contributed by atoms with van der Waals surface area (Å²) in [6, 6.07) is 12.1. The van der Waals surface area contributed by atoms with Gasteiger partial charge in [0.15, 0.2) is 0 Å². The van der Waals surface area contributed by atoms with E-state index in [0.717, 1.165) is 11.3 Å². The minimum absolute atomic E-state index is 0.0697. The van der Waals surface area contributed by atoms with Crippen LogP contribution in [0.5, 0.6) is 0 Å². The SMILES string of the molecule is N=C1CN(C(=O)[C@H](CO)c2ccccc2)C/C1=C/NS(=O)(=O)c1ccc(Br)s1. The van der Waals surface area contributed by atoms with E-state index in [1.54, 1.807) is 30.3 Å². The fraction of sp³-hybridized carbons (Fsp3) is 0.222. The second kappa shape index (κ2) is 8.56. The third-order valence-electron chi connectivity index (χ3n) is 4.29. The highest BCUT2D eigenvalue weighted by molar-refractivity contribution is 9.11. The molecule has 1 atom stereocenters. The minimum atomic E-state index is -3.73. The largest absolute Gasteiger partial charge is 0.395 e. The highest BCUT2D eigenvalue weighted by Gasteiger charge is 2.31. The van der Waals surface area contributed by atoms with Gasteiger partial charge in [0, 0.05) is 18.3 Å². The fourth-order valence-electron chi connectivity index (χ4n) is 2.82. The van der Waals surface area contributed by atoms with Crippen LogP contribution in [-0.2, 0) is 14.8 Å². The third-order valence-corrected chi connectivity index (χ3v) is 7.71. The molecule has 2 heterocycles. The number of thiophene rings is 1. The number of sulfonamides is 1. The number of amides is 1. The first-order chi connectivity index (χ1) is 13.3. The standard InChI is InChI=1S/C18H18BrN3O4S2/c19-16-6-7-17(27-16)28(25,26)21-8-13-9-22(10-15(13)20)18(24)14(11-23)12-4-2-1-3-5-12/h1-8,14,20-21,23H,9-11H2/b13-8-,20-15?/t14-/m1/s1. The molecule has 1 aromatic heterocycles. The van der Waals surface area contributed by atoms with Crippen molar-refractivity contribution in [3.8, 4) is 0 Å². The number of carbonyl (C=O) groups is 1. The van der Waals surface area contributed by atoms with Gasteiger partial charge in [0.05, 0.1) is 28.6 Å².